The fourth-order valence-electron chi connectivity index (χ4n) is 2.83. The van der Waals surface area contributed by atoms with Gasteiger partial charge in [-0.15, -0.1) is 0 Å². The van der Waals surface area contributed by atoms with Crippen molar-refractivity contribution < 1.29 is 9.21 Å². The maximum absolute atomic E-state index is 12.5. The Morgan fingerprint density at radius 3 is 2.78 bits per heavy atom. The molecule has 0 bridgehead atoms. The van der Waals surface area contributed by atoms with Gasteiger partial charge in [-0.05, 0) is 30.5 Å². The SMILES string of the molecule is Cc1ccccc1C1CCN(C(=O)c2ccc(=O)oc2)CCS1. The Labute approximate surface area is 139 Å². The fourth-order valence-corrected chi connectivity index (χ4v) is 4.16. The molecule has 0 N–H and O–H groups in total. The Bertz CT molecular complexity index is 735. The van der Waals surface area contributed by atoms with Crippen molar-refractivity contribution in [1.82, 2.24) is 4.90 Å². The minimum atomic E-state index is -0.437. The molecule has 3 rings (SSSR count). The molecule has 1 aromatic carbocycles. The molecule has 1 aromatic heterocycles. The Morgan fingerprint density at radius 2 is 2.04 bits per heavy atom. The maximum Gasteiger partial charge on any atom is 0.335 e. The molecule has 1 fully saturated rings. The zero-order chi connectivity index (χ0) is 16.2. The molecule has 1 aliphatic heterocycles. The highest BCUT2D eigenvalue weighted by Crippen LogP contribution is 2.36. The quantitative estimate of drug-likeness (QED) is 0.848. The van der Waals surface area contributed by atoms with Gasteiger partial charge in [-0.3, -0.25) is 4.79 Å². The number of rotatable bonds is 2. The maximum atomic E-state index is 12.5. The monoisotopic (exact) mass is 329 g/mol. The largest absolute Gasteiger partial charge is 0.430 e. The lowest BCUT2D eigenvalue weighted by Gasteiger charge is -2.20. The van der Waals surface area contributed by atoms with Gasteiger partial charge in [0.05, 0.1) is 5.56 Å². The van der Waals surface area contributed by atoms with Gasteiger partial charge < -0.3 is 9.32 Å². The summed E-state index contributed by atoms with van der Waals surface area (Å²) in [5.41, 5.74) is 2.66. The van der Waals surface area contributed by atoms with Crippen LogP contribution in [-0.2, 0) is 0 Å². The second kappa shape index (κ2) is 7.04. The second-order valence-corrected chi connectivity index (χ2v) is 6.95. The van der Waals surface area contributed by atoms with Crippen molar-refractivity contribution >= 4 is 17.7 Å². The summed E-state index contributed by atoms with van der Waals surface area (Å²) in [4.78, 5) is 25.4. The van der Waals surface area contributed by atoms with E-state index in [9.17, 15) is 9.59 Å². The van der Waals surface area contributed by atoms with Gasteiger partial charge in [0.15, 0.2) is 0 Å². The number of thioether (sulfide) groups is 1. The highest BCUT2D eigenvalue weighted by Gasteiger charge is 2.23. The highest BCUT2D eigenvalue weighted by atomic mass is 32.2. The van der Waals surface area contributed by atoms with Crippen molar-refractivity contribution in [2.24, 2.45) is 0 Å². The molecule has 5 heteroatoms. The van der Waals surface area contributed by atoms with Crippen molar-refractivity contribution in [2.75, 3.05) is 18.8 Å². The van der Waals surface area contributed by atoms with E-state index in [4.69, 9.17) is 4.42 Å². The summed E-state index contributed by atoms with van der Waals surface area (Å²) in [6, 6.07) is 11.3. The molecule has 4 nitrogen and oxygen atoms in total. The van der Waals surface area contributed by atoms with Crippen molar-refractivity contribution in [3.8, 4) is 0 Å². The summed E-state index contributed by atoms with van der Waals surface area (Å²) >= 11 is 1.90. The molecule has 1 saturated heterocycles. The van der Waals surface area contributed by atoms with Crippen molar-refractivity contribution in [3.05, 3.63) is 69.8 Å². The molecule has 1 aliphatic rings. The van der Waals surface area contributed by atoms with E-state index in [0.29, 0.717) is 23.9 Å². The van der Waals surface area contributed by atoms with Crippen molar-refractivity contribution in [3.63, 3.8) is 0 Å². The molecule has 1 unspecified atom stereocenters. The lowest BCUT2D eigenvalue weighted by molar-refractivity contribution is 0.0764. The van der Waals surface area contributed by atoms with Crippen LogP contribution >= 0.6 is 11.8 Å². The van der Waals surface area contributed by atoms with E-state index in [-0.39, 0.29) is 5.91 Å². The number of amides is 1. The fraction of sp³-hybridized carbons (Fsp3) is 0.333. The summed E-state index contributed by atoms with van der Waals surface area (Å²) in [5.74, 6) is 0.835. The van der Waals surface area contributed by atoms with Crippen LogP contribution in [0.2, 0.25) is 0 Å². The number of nitrogens with zero attached hydrogens (tertiary/aromatic N) is 1. The van der Waals surface area contributed by atoms with Crippen LogP contribution < -0.4 is 5.63 Å². The normalized spacial score (nSPS) is 18.5. The first-order valence-corrected chi connectivity index (χ1v) is 8.75. The molecule has 120 valence electrons. The zero-order valence-electron chi connectivity index (χ0n) is 13.0. The van der Waals surface area contributed by atoms with Crippen LogP contribution in [0.25, 0.3) is 0 Å². The first-order chi connectivity index (χ1) is 11.1. The van der Waals surface area contributed by atoms with E-state index < -0.39 is 5.63 Å². The van der Waals surface area contributed by atoms with Gasteiger partial charge in [0, 0.05) is 30.2 Å². The van der Waals surface area contributed by atoms with Gasteiger partial charge in [-0.1, -0.05) is 24.3 Å². The molecule has 0 radical (unpaired) electrons. The number of hydrogen-bond donors (Lipinski definition) is 0. The summed E-state index contributed by atoms with van der Waals surface area (Å²) in [6.45, 7) is 3.56. The van der Waals surface area contributed by atoms with Crippen LogP contribution in [0.3, 0.4) is 0 Å². The molecule has 1 atom stereocenters. The van der Waals surface area contributed by atoms with Crippen LogP contribution in [0.4, 0.5) is 0 Å². The molecule has 0 spiro atoms. The number of aryl methyl sites for hydroxylation is 1. The third-order valence-corrected chi connectivity index (χ3v) is 5.42. The number of carbonyl (C=O) groups excluding carboxylic acids is 1. The van der Waals surface area contributed by atoms with Crippen LogP contribution in [0, 0.1) is 6.92 Å². The van der Waals surface area contributed by atoms with Gasteiger partial charge in [-0.2, -0.15) is 11.8 Å². The predicted molar refractivity (Wildman–Crippen MR) is 91.9 cm³/mol. The Kier molecular flexibility index (Phi) is 4.86. The Hall–Kier alpha value is -2.01. The molecular weight excluding hydrogens is 310 g/mol. The Balaban J connectivity index is 1.71. The van der Waals surface area contributed by atoms with E-state index in [1.54, 1.807) is 0 Å². The van der Waals surface area contributed by atoms with E-state index in [2.05, 4.69) is 31.2 Å². The van der Waals surface area contributed by atoms with Crippen molar-refractivity contribution in [1.29, 1.82) is 0 Å². The molecule has 23 heavy (non-hydrogen) atoms. The number of carbonyl (C=O) groups is 1. The van der Waals surface area contributed by atoms with Crippen LogP contribution in [-0.4, -0.2) is 29.6 Å². The minimum Gasteiger partial charge on any atom is -0.430 e. The molecular formula is C18H19NO3S. The lowest BCUT2D eigenvalue weighted by atomic mass is 10.0. The highest BCUT2D eigenvalue weighted by molar-refractivity contribution is 7.99. The zero-order valence-corrected chi connectivity index (χ0v) is 13.8. The molecule has 1 amide bonds. The van der Waals surface area contributed by atoms with Gasteiger partial charge in [-0.25, -0.2) is 4.79 Å². The van der Waals surface area contributed by atoms with Crippen LogP contribution in [0.15, 0.2) is 51.9 Å². The third kappa shape index (κ3) is 3.67. The smallest absolute Gasteiger partial charge is 0.335 e. The van der Waals surface area contributed by atoms with Gasteiger partial charge in [0.25, 0.3) is 5.91 Å². The first-order valence-electron chi connectivity index (χ1n) is 7.70. The molecule has 2 aromatic rings. The van der Waals surface area contributed by atoms with Gasteiger partial charge in [0.2, 0.25) is 0 Å². The van der Waals surface area contributed by atoms with E-state index in [1.807, 2.05) is 16.7 Å². The minimum absolute atomic E-state index is 0.0696. The third-order valence-electron chi connectivity index (χ3n) is 4.11. The topological polar surface area (TPSA) is 50.5 Å². The molecule has 0 saturated carbocycles. The summed E-state index contributed by atoms with van der Waals surface area (Å²) < 4.78 is 4.80. The molecule has 2 heterocycles. The van der Waals surface area contributed by atoms with E-state index >= 15 is 0 Å². The standard InChI is InChI=1S/C18H19NO3S/c1-13-4-2-3-5-15(13)16-8-9-19(10-11-23-16)18(21)14-6-7-17(20)22-12-14/h2-7,12,16H,8-11H2,1H3. The van der Waals surface area contributed by atoms with Crippen LogP contribution in [0.1, 0.15) is 33.2 Å². The summed E-state index contributed by atoms with van der Waals surface area (Å²) in [6.07, 6.45) is 2.18. The van der Waals surface area contributed by atoms with Crippen LogP contribution in [0.5, 0.6) is 0 Å². The number of benzene rings is 1. The summed E-state index contributed by atoms with van der Waals surface area (Å²) in [5, 5.41) is 0.419. The first kappa shape index (κ1) is 15.9. The number of hydrogen-bond acceptors (Lipinski definition) is 4. The van der Waals surface area contributed by atoms with Gasteiger partial charge in [0.1, 0.15) is 6.26 Å². The molecule has 0 aliphatic carbocycles. The average molecular weight is 329 g/mol. The predicted octanol–water partition coefficient (Wildman–Crippen LogP) is 3.27. The summed E-state index contributed by atoms with van der Waals surface area (Å²) in [7, 11) is 0. The lowest BCUT2D eigenvalue weighted by Crippen LogP contribution is -2.33. The average Bonchev–Trinajstić information content (AvgIpc) is 2.81. The van der Waals surface area contributed by atoms with E-state index in [1.165, 1.54) is 29.5 Å². The van der Waals surface area contributed by atoms with Gasteiger partial charge >= 0.3 is 5.63 Å². The van der Waals surface area contributed by atoms with Crippen molar-refractivity contribution in [2.45, 2.75) is 18.6 Å². The Morgan fingerprint density at radius 1 is 1.22 bits per heavy atom. The van der Waals surface area contributed by atoms with E-state index in [0.717, 1.165) is 12.2 Å². The second-order valence-electron chi connectivity index (χ2n) is 5.64.